The summed E-state index contributed by atoms with van der Waals surface area (Å²) in [6.07, 6.45) is 5.77. The topological polar surface area (TPSA) is 50.2 Å². The first-order valence-electron chi connectivity index (χ1n) is 12.2. The molecule has 174 valence electrons. The van der Waals surface area contributed by atoms with E-state index >= 15 is 0 Å². The number of fused-ring (bicyclic) bond motifs is 3. The van der Waals surface area contributed by atoms with Gasteiger partial charge in [-0.2, -0.15) is 0 Å². The maximum absolute atomic E-state index is 13.0. The number of aryl methyl sites for hydroxylation is 5. The van der Waals surface area contributed by atoms with Crippen molar-refractivity contribution in [1.82, 2.24) is 4.98 Å². The Kier molecular flexibility index (Phi) is 6.03. The van der Waals surface area contributed by atoms with Crippen molar-refractivity contribution in [2.75, 3.05) is 0 Å². The van der Waals surface area contributed by atoms with Gasteiger partial charge in [-0.15, -0.1) is 11.3 Å². The summed E-state index contributed by atoms with van der Waals surface area (Å²) in [4.78, 5) is 20.5. The third-order valence-electron chi connectivity index (χ3n) is 7.40. The zero-order valence-corrected chi connectivity index (χ0v) is 21.0. The van der Waals surface area contributed by atoms with Crippen molar-refractivity contribution in [3.63, 3.8) is 0 Å². The molecule has 0 amide bonds. The van der Waals surface area contributed by atoms with Crippen LogP contribution in [0.3, 0.4) is 0 Å². The van der Waals surface area contributed by atoms with Gasteiger partial charge in [-0.1, -0.05) is 60.2 Å². The Morgan fingerprint density at radius 3 is 2.44 bits per heavy atom. The van der Waals surface area contributed by atoms with Gasteiger partial charge in [0.2, 0.25) is 0 Å². The largest absolute Gasteiger partial charge is 0.481 e. The zero-order chi connectivity index (χ0) is 23.9. The van der Waals surface area contributed by atoms with Crippen LogP contribution in [-0.4, -0.2) is 16.1 Å². The molecule has 0 saturated heterocycles. The van der Waals surface area contributed by atoms with E-state index in [1.54, 1.807) is 11.3 Å². The molecule has 1 aliphatic rings. The summed E-state index contributed by atoms with van der Waals surface area (Å²) in [6.45, 7) is 5.98. The average molecular weight is 470 g/mol. The molecular weight excluding hydrogens is 438 g/mol. The number of aromatic nitrogens is 1. The molecule has 1 N–H and O–H groups in total. The first kappa shape index (κ1) is 22.8. The molecule has 1 aliphatic carbocycles. The lowest BCUT2D eigenvalue weighted by molar-refractivity contribution is -0.143. The summed E-state index contributed by atoms with van der Waals surface area (Å²) in [5.74, 6) is -0.787. The number of aliphatic carboxylic acids is 1. The minimum atomic E-state index is -1.05. The Hall–Kier alpha value is -2.98. The number of hydrogen-bond donors (Lipinski definition) is 1. The van der Waals surface area contributed by atoms with E-state index in [2.05, 4.69) is 43.3 Å². The molecular formula is C30H31NO2S. The minimum Gasteiger partial charge on any atom is -0.481 e. The molecule has 2 aromatic carbocycles. The Balaban J connectivity index is 1.77. The van der Waals surface area contributed by atoms with E-state index in [4.69, 9.17) is 4.98 Å². The molecule has 0 aliphatic heterocycles. The maximum atomic E-state index is 13.0. The van der Waals surface area contributed by atoms with E-state index in [0.717, 1.165) is 45.6 Å². The van der Waals surface area contributed by atoms with Crippen LogP contribution in [0.2, 0.25) is 0 Å². The van der Waals surface area contributed by atoms with Crippen LogP contribution in [0, 0.1) is 13.8 Å². The molecule has 0 radical (unpaired) electrons. The Bertz CT molecular complexity index is 1350. The molecule has 0 fully saturated rings. The Labute approximate surface area is 205 Å². The quantitative estimate of drug-likeness (QED) is 0.319. The van der Waals surface area contributed by atoms with E-state index in [1.807, 2.05) is 32.0 Å². The lowest BCUT2D eigenvalue weighted by Gasteiger charge is -2.30. The third kappa shape index (κ3) is 3.94. The average Bonchev–Trinajstić information content (AvgIpc) is 3.20. The molecule has 3 nitrogen and oxygen atoms in total. The number of thiophene rings is 1. The number of nitrogens with zero attached hydrogens (tertiary/aromatic N) is 1. The summed E-state index contributed by atoms with van der Waals surface area (Å²) in [5.41, 5.74) is 6.58. The van der Waals surface area contributed by atoms with Gasteiger partial charge in [-0.3, -0.25) is 4.79 Å². The lowest BCUT2D eigenvalue weighted by atomic mass is 9.73. The molecule has 0 spiro atoms. The zero-order valence-electron chi connectivity index (χ0n) is 20.1. The number of rotatable bonds is 6. The summed E-state index contributed by atoms with van der Waals surface area (Å²) in [6, 6.07) is 18.7. The van der Waals surface area contributed by atoms with Gasteiger partial charge in [0.05, 0.1) is 5.41 Å². The van der Waals surface area contributed by atoms with Crippen LogP contribution in [0.4, 0.5) is 0 Å². The van der Waals surface area contributed by atoms with Crippen molar-refractivity contribution in [3.8, 4) is 11.1 Å². The van der Waals surface area contributed by atoms with Crippen LogP contribution in [0.15, 0.2) is 54.6 Å². The van der Waals surface area contributed by atoms with Gasteiger partial charge in [0.25, 0.3) is 0 Å². The fraction of sp³-hybridized carbons (Fsp3) is 0.333. The number of carboxylic acid groups (broad SMARTS) is 1. The van der Waals surface area contributed by atoms with Crippen molar-refractivity contribution in [1.29, 1.82) is 0 Å². The summed E-state index contributed by atoms with van der Waals surface area (Å²) >= 11 is 1.81. The van der Waals surface area contributed by atoms with Gasteiger partial charge in [0, 0.05) is 16.0 Å². The number of carboxylic acids is 1. The summed E-state index contributed by atoms with van der Waals surface area (Å²) in [5, 5.41) is 11.8. The second-order valence-corrected chi connectivity index (χ2v) is 10.9. The van der Waals surface area contributed by atoms with Crippen LogP contribution < -0.4 is 0 Å². The Morgan fingerprint density at radius 1 is 1.03 bits per heavy atom. The Morgan fingerprint density at radius 2 is 1.74 bits per heavy atom. The molecule has 1 unspecified atom stereocenters. The highest BCUT2D eigenvalue weighted by Crippen LogP contribution is 2.47. The molecule has 1 atom stereocenters. The standard InChI is InChI=1S/C30H31NO2S/c1-19-13-15-22(16-14-19)25-26-23-11-7-8-12-24(23)34-28(26)31-20(2)27(25)30(3,29(32)33)18-17-21-9-5-4-6-10-21/h4-6,9-10,13-16H,7-8,11-12,17-18H2,1-3H3,(H,32,33). The van der Waals surface area contributed by atoms with Gasteiger partial charge in [-0.05, 0) is 87.1 Å². The molecule has 0 bridgehead atoms. The van der Waals surface area contributed by atoms with E-state index in [-0.39, 0.29) is 0 Å². The maximum Gasteiger partial charge on any atom is 0.313 e. The normalized spacial score (nSPS) is 15.1. The van der Waals surface area contributed by atoms with Gasteiger partial charge < -0.3 is 5.11 Å². The molecule has 2 aromatic heterocycles. The number of carbonyl (C=O) groups is 1. The predicted molar refractivity (Wildman–Crippen MR) is 141 cm³/mol. The first-order valence-corrected chi connectivity index (χ1v) is 13.0. The predicted octanol–water partition coefficient (Wildman–Crippen LogP) is 7.43. The van der Waals surface area contributed by atoms with Crippen LogP contribution in [0.1, 0.15) is 59.0 Å². The highest BCUT2D eigenvalue weighted by molar-refractivity contribution is 7.19. The number of benzene rings is 2. The summed E-state index contributed by atoms with van der Waals surface area (Å²) < 4.78 is 0. The lowest BCUT2D eigenvalue weighted by Crippen LogP contribution is -2.35. The van der Waals surface area contributed by atoms with Crippen LogP contribution in [0.25, 0.3) is 21.3 Å². The monoisotopic (exact) mass is 469 g/mol. The van der Waals surface area contributed by atoms with Crippen LogP contribution >= 0.6 is 11.3 Å². The second kappa shape index (κ2) is 8.99. The molecule has 5 rings (SSSR count). The van der Waals surface area contributed by atoms with E-state index in [1.165, 1.54) is 34.2 Å². The fourth-order valence-electron chi connectivity index (χ4n) is 5.46. The minimum absolute atomic E-state index is 0.519. The van der Waals surface area contributed by atoms with Crippen LogP contribution in [-0.2, 0) is 29.5 Å². The molecule has 34 heavy (non-hydrogen) atoms. The van der Waals surface area contributed by atoms with Crippen molar-refractivity contribution >= 4 is 27.5 Å². The van der Waals surface area contributed by atoms with Crippen LogP contribution in [0.5, 0.6) is 0 Å². The highest BCUT2D eigenvalue weighted by atomic mass is 32.1. The van der Waals surface area contributed by atoms with Gasteiger partial charge >= 0.3 is 5.97 Å². The third-order valence-corrected chi connectivity index (χ3v) is 8.59. The van der Waals surface area contributed by atoms with Crippen molar-refractivity contribution in [3.05, 3.63) is 87.4 Å². The van der Waals surface area contributed by atoms with E-state index in [9.17, 15) is 9.90 Å². The summed E-state index contributed by atoms with van der Waals surface area (Å²) in [7, 11) is 0. The second-order valence-electron chi connectivity index (χ2n) is 9.83. The van der Waals surface area contributed by atoms with Gasteiger partial charge in [0.1, 0.15) is 4.83 Å². The number of pyridine rings is 1. The molecule has 4 heteroatoms. The molecule has 2 heterocycles. The van der Waals surface area contributed by atoms with Crippen molar-refractivity contribution in [2.24, 2.45) is 0 Å². The highest BCUT2D eigenvalue weighted by Gasteiger charge is 2.40. The van der Waals surface area contributed by atoms with E-state index in [0.29, 0.717) is 12.8 Å². The molecule has 4 aromatic rings. The first-order chi connectivity index (χ1) is 16.4. The van der Waals surface area contributed by atoms with Crippen molar-refractivity contribution in [2.45, 2.75) is 64.7 Å². The fourth-order valence-corrected chi connectivity index (χ4v) is 6.78. The van der Waals surface area contributed by atoms with Gasteiger partial charge in [0.15, 0.2) is 0 Å². The molecule has 0 saturated carbocycles. The van der Waals surface area contributed by atoms with Gasteiger partial charge in [-0.25, -0.2) is 4.98 Å². The smallest absolute Gasteiger partial charge is 0.313 e. The number of hydrogen-bond acceptors (Lipinski definition) is 3. The SMILES string of the molecule is Cc1ccc(-c2c(C(C)(CCc3ccccc3)C(=O)O)c(C)nc3sc4c(c23)CCCC4)cc1. The van der Waals surface area contributed by atoms with E-state index < -0.39 is 11.4 Å². The van der Waals surface area contributed by atoms with Crippen molar-refractivity contribution < 1.29 is 9.90 Å².